The Kier molecular flexibility index (Phi) is 2.14. The largest absolute Gasteiger partial charge is 0.267 e. The van der Waals surface area contributed by atoms with E-state index in [4.69, 9.17) is 0 Å². The van der Waals surface area contributed by atoms with Crippen molar-refractivity contribution in [2.75, 3.05) is 0 Å². The highest BCUT2D eigenvalue weighted by atomic mass is 31.1. The summed E-state index contributed by atoms with van der Waals surface area (Å²) in [5.41, 5.74) is 8.00. The number of fused-ring (bicyclic) bond motifs is 8. The van der Waals surface area contributed by atoms with E-state index in [0.717, 1.165) is 11.3 Å². The molecule has 20 heavy (non-hydrogen) atoms. The van der Waals surface area contributed by atoms with Crippen LogP contribution in [-0.2, 0) is 0 Å². The van der Waals surface area contributed by atoms with Crippen LogP contribution in [0.15, 0.2) is 48.5 Å². The van der Waals surface area contributed by atoms with Crippen LogP contribution >= 0.6 is 8.07 Å². The summed E-state index contributed by atoms with van der Waals surface area (Å²) in [6.07, 6.45) is 0. The fourth-order valence-corrected chi connectivity index (χ4v) is 7.94. The van der Waals surface area contributed by atoms with Gasteiger partial charge in [0.2, 0.25) is 0 Å². The first-order chi connectivity index (χ1) is 9.79. The summed E-state index contributed by atoms with van der Waals surface area (Å²) < 4.78 is 2.83. The maximum atomic E-state index is 2.83. The molecular weight excluding hydrogens is 261 g/mol. The second kappa shape index (κ2) is 3.72. The van der Waals surface area contributed by atoms with Crippen molar-refractivity contribution in [2.24, 2.45) is 0 Å². The minimum atomic E-state index is 0.0185. The van der Waals surface area contributed by atoms with Crippen molar-refractivity contribution in [3.63, 3.8) is 0 Å². The molecule has 100 valence electrons. The predicted molar refractivity (Wildman–Crippen MR) is 84.1 cm³/mol. The molecule has 2 aromatic rings. The molecule has 1 saturated heterocycles. The summed E-state index contributed by atoms with van der Waals surface area (Å²) >= 11 is 0. The lowest BCUT2D eigenvalue weighted by Crippen LogP contribution is -2.33. The molecule has 2 unspecified atom stereocenters. The van der Waals surface area contributed by atoms with Gasteiger partial charge >= 0.3 is 0 Å². The molecule has 0 aliphatic carbocycles. The molecule has 0 spiro atoms. The van der Waals surface area contributed by atoms with Crippen LogP contribution in [0.5, 0.6) is 0 Å². The molecule has 3 heterocycles. The second-order valence-electron chi connectivity index (χ2n) is 6.40. The van der Waals surface area contributed by atoms with Gasteiger partial charge in [-0.05, 0) is 44.2 Å². The minimum absolute atomic E-state index is 0.0185. The number of benzene rings is 2. The molecule has 1 fully saturated rings. The maximum absolute atomic E-state index is 2.83. The van der Waals surface area contributed by atoms with Gasteiger partial charge in [-0.2, -0.15) is 0 Å². The van der Waals surface area contributed by atoms with Crippen molar-refractivity contribution in [1.82, 2.24) is 4.67 Å². The van der Waals surface area contributed by atoms with Crippen molar-refractivity contribution in [2.45, 2.75) is 37.2 Å². The summed E-state index contributed by atoms with van der Waals surface area (Å²) in [5, 5.41) is 0. The lowest BCUT2D eigenvalue weighted by atomic mass is 9.93. The highest BCUT2D eigenvalue weighted by Crippen LogP contribution is 2.92. The fraction of sp³-hybridized carbons (Fsp3) is 0.333. The third-order valence-corrected chi connectivity index (χ3v) is 8.23. The van der Waals surface area contributed by atoms with E-state index < -0.39 is 0 Å². The number of rotatable bonds is 1. The summed E-state index contributed by atoms with van der Waals surface area (Å²) in [6.45, 7) is 4.73. The van der Waals surface area contributed by atoms with Crippen molar-refractivity contribution < 1.29 is 0 Å². The van der Waals surface area contributed by atoms with E-state index in [1.807, 2.05) is 0 Å². The number of hydrogen-bond donors (Lipinski definition) is 0. The van der Waals surface area contributed by atoms with Gasteiger partial charge in [-0.1, -0.05) is 48.5 Å². The van der Waals surface area contributed by atoms with Gasteiger partial charge in [0.25, 0.3) is 0 Å². The smallest absolute Gasteiger partial charge is 0.0646 e. The molecule has 0 radical (unpaired) electrons. The van der Waals surface area contributed by atoms with Crippen molar-refractivity contribution in [1.29, 1.82) is 0 Å². The van der Waals surface area contributed by atoms with Gasteiger partial charge in [0.1, 0.15) is 0 Å². The van der Waals surface area contributed by atoms with Gasteiger partial charge in [-0.15, -0.1) is 0 Å². The van der Waals surface area contributed by atoms with Crippen LogP contribution in [-0.4, -0.2) is 10.7 Å². The first kappa shape index (κ1) is 11.5. The van der Waals surface area contributed by atoms with Crippen LogP contribution in [0.2, 0.25) is 0 Å². The summed E-state index contributed by atoms with van der Waals surface area (Å²) in [6, 6.07) is 19.5. The van der Waals surface area contributed by atoms with Gasteiger partial charge in [0.15, 0.2) is 0 Å². The third kappa shape index (κ3) is 1.22. The molecule has 0 saturated carbocycles. The van der Waals surface area contributed by atoms with Crippen LogP contribution < -0.4 is 0 Å². The molecule has 0 N–H and O–H groups in total. The standard InChI is InChI=1S/C18H18NP/c1-11(2)19-16-12-7-3-5-9-14(12)17-18(20(17)19)15-10-6-4-8-13(15)16/h3-11,16-18H,1-2H3. The molecular formula is C18H18NP. The van der Waals surface area contributed by atoms with Crippen molar-refractivity contribution in [3.05, 3.63) is 70.8 Å². The highest BCUT2D eigenvalue weighted by molar-refractivity contribution is 7.64. The van der Waals surface area contributed by atoms with E-state index >= 15 is 0 Å². The van der Waals surface area contributed by atoms with E-state index in [2.05, 4.69) is 67.0 Å². The summed E-state index contributed by atoms with van der Waals surface area (Å²) in [5.74, 6) is 0. The lowest BCUT2D eigenvalue weighted by Gasteiger charge is -2.42. The number of hydrogen-bond acceptors (Lipinski definition) is 1. The maximum Gasteiger partial charge on any atom is 0.0646 e. The summed E-state index contributed by atoms with van der Waals surface area (Å²) in [4.78, 5) is 0. The van der Waals surface area contributed by atoms with Gasteiger partial charge in [0, 0.05) is 17.4 Å². The van der Waals surface area contributed by atoms with Crippen LogP contribution in [0.3, 0.4) is 0 Å². The Balaban J connectivity index is 1.83. The molecule has 1 nitrogen and oxygen atoms in total. The van der Waals surface area contributed by atoms with Crippen LogP contribution in [0.4, 0.5) is 0 Å². The number of nitrogens with zero attached hydrogens (tertiary/aromatic N) is 1. The van der Waals surface area contributed by atoms with Crippen LogP contribution in [0.1, 0.15) is 53.5 Å². The molecule has 0 aromatic heterocycles. The highest BCUT2D eigenvalue weighted by Gasteiger charge is 2.64. The van der Waals surface area contributed by atoms with E-state index in [1.54, 1.807) is 22.3 Å². The predicted octanol–water partition coefficient (Wildman–Crippen LogP) is 5.01. The van der Waals surface area contributed by atoms with Crippen LogP contribution in [0, 0.1) is 0 Å². The first-order valence-electron chi connectivity index (χ1n) is 7.53. The second-order valence-corrected chi connectivity index (χ2v) is 8.74. The molecule has 0 amide bonds. The van der Waals surface area contributed by atoms with Gasteiger partial charge in [0.05, 0.1) is 6.04 Å². The third-order valence-electron chi connectivity index (χ3n) is 5.06. The Morgan fingerprint density at radius 2 is 1.25 bits per heavy atom. The van der Waals surface area contributed by atoms with Gasteiger partial charge in [-0.3, -0.25) is 4.67 Å². The van der Waals surface area contributed by atoms with Gasteiger partial charge in [-0.25, -0.2) is 0 Å². The van der Waals surface area contributed by atoms with E-state index in [9.17, 15) is 0 Å². The fourth-order valence-electron chi connectivity index (χ4n) is 4.34. The Morgan fingerprint density at radius 1 is 0.800 bits per heavy atom. The zero-order valence-electron chi connectivity index (χ0n) is 11.8. The SMILES string of the molecule is CC(C)N1C2c3ccccc3C3C(c4ccccc42)P31. The Hall–Kier alpha value is -1.17. The summed E-state index contributed by atoms with van der Waals surface area (Å²) in [7, 11) is 0.0185. The van der Waals surface area contributed by atoms with E-state index in [1.165, 1.54) is 0 Å². The zero-order chi connectivity index (χ0) is 13.4. The zero-order valence-corrected chi connectivity index (χ0v) is 12.7. The monoisotopic (exact) mass is 279 g/mol. The first-order valence-corrected chi connectivity index (χ1v) is 8.96. The average molecular weight is 279 g/mol. The molecule has 5 rings (SSSR count). The molecule has 3 aliphatic rings. The lowest BCUT2D eigenvalue weighted by molar-refractivity contribution is 0.324. The van der Waals surface area contributed by atoms with E-state index in [0.29, 0.717) is 12.1 Å². The van der Waals surface area contributed by atoms with Crippen molar-refractivity contribution in [3.8, 4) is 0 Å². The molecule has 3 aliphatic heterocycles. The quantitative estimate of drug-likeness (QED) is 0.663. The molecule has 2 bridgehead atoms. The van der Waals surface area contributed by atoms with Crippen LogP contribution in [0.25, 0.3) is 0 Å². The Bertz CT molecular complexity index is 655. The average Bonchev–Trinajstić information content (AvgIpc) is 3.23. The van der Waals surface area contributed by atoms with Crippen molar-refractivity contribution >= 4 is 8.07 Å². The normalized spacial score (nSPS) is 32.8. The Labute approximate surface area is 121 Å². The topological polar surface area (TPSA) is 3.24 Å². The van der Waals surface area contributed by atoms with Gasteiger partial charge < -0.3 is 0 Å². The van der Waals surface area contributed by atoms with E-state index in [-0.39, 0.29) is 8.07 Å². The minimum Gasteiger partial charge on any atom is -0.267 e. The Morgan fingerprint density at radius 3 is 1.70 bits per heavy atom. The molecule has 2 atom stereocenters. The molecule has 2 aromatic carbocycles. The molecule has 2 heteroatoms.